The lowest BCUT2D eigenvalue weighted by atomic mass is 10.2. The Balaban J connectivity index is 3.22. The third-order valence-electron chi connectivity index (χ3n) is 2.64. The molecule has 0 heterocycles. The van der Waals surface area contributed by atoms with Crippen molar-refractivity contribution in [3.63, 3.8) is 0 Å². The van der Waals surface area contributed by atoms with Gasteiger partial charge in [-0.3, -0.25) is 4.79 Å². The fourth-order valence-electron chi connectivity index (χ4n) is 1.52. The van der Waals surface area contributed by atoms with E-state index in [0.29, 0.717) is 0 Å². The van der Waals surface area contributed by atoms with E-state index in [0.717, 1.165) is 17.3 Å². The highest BCUT2D eigenvalue weighted by Crippen LogP contribution is 2.19. The largest absolute Gasteiger partial charge is 0.465 e. The number of esters is 1. The number of hydrogen-bond acceptors (Lipinski definition) is 6. The van der Waals surface area contributed by atoms with Gasteiger partial charge < -0.3 is 4.74 Å². The molecule has 0 N–H and O–H groups in total. The molecule has 0 fully saturated rings. The highest BCUT2D eigenvalue weighted by Gasteiger charge is 2.27. The van der Waals surface area contributed by atoms with Crippen molar-refractivity contribution in [3.05, 3.63) is 29.8 Å². The molecule has 1 aromatic rings. The van der Waals surface area contributed by atoms with Crippen LogP contribution in [-0.4, -0.2) is 32.3 Å². The molecule has 0 spiro atoms. The van der Waals surface area contributed by atoms with E-state index >= 15 is 0 Å². The van der Waals surface area contributed by atoms with Crippen LogP contribution >= 0.6 is 11.8 Å². The molecule has 0 aliphatic carbocycles. The van der Waals surface area contributed by atoms with Crippen LogP contribution in [0.3, 0.4) is 0 Å². The molecule has 0 saturated heterocycles. The van der Waals surface area contributed by atoms with Crippen LogP contribution in [0.5, 0.6) is 0 Å². The van der Waals surface area contributed by atoms with Crippen LogP contribution in [0.25, 0.3) is 0 Å². The summed E-state index contributed by atoms with van der Waals surface area (Å²) in [6, 6.07) is 7.88. The van der Waals surface area contributed by atoms with Gasteiger partial charge in [-0.2, -0.15) is 18.1 Å². The van der Waals surface area contributed by atoms with Crippen LogP contribution < -0.4 is 0 Å². The van der Waals surface area contributed by atoms with Gasteiger partial charge in [-0.15, -0.1) is 11.8 Å². The highest BCUT2D eigenvalue weighted by molar-refractivity contribution is 8.14. The van der Waals surface area contributed by atoms with E-state index in [1.165, 1.54) is 12.1 Å². The molecule has 1 rings (SSSR count). The molecule has 118 valence electrons. The minimum absolute atomic E-state index is 0.00481. The third-order valence-corrected chi connectivity index (χ3v) is 4.80. The molecule has 1 aromatic carbocycles. The van der Waals surface area contributed by atoms with E-state index in [4.69, 9.17) is 10.00 Å². The van der Waals surface area contributed by atoms with Crippen molar-refractivity contribution in [2.75, 3.05) is 12.9 Å². The number of carbonyl (C=O) groups is 1. The molecular formula is C14H16N2O4S2. The minimum Gasteiger partial charge on any atom is -0.465 e. The van der Waals surface area contributed by atoms with Crippen molar-refractivity contribution in [3.8, 4) is 6.07 Å². The maximum absolute atomic E-state index is 12.3. The van der Waals surface area contributed by atoms with E-state index in [1.807, 2.05) is 6.92 Å². The topological polar surface area (TPSA) is 96.6 Å². The number of sulfonamides is 1. The van der Waals surface area contributed by atoms with Gasteiger partial charge in [-0.05, 0) is 32.2 Å². The number of benzene rings is 1. The number of nitrogens with zero attached hydrogens (tertiary/aromatic N) is 2. The van der Waals surface area contributed by atoms with Crippen molar-refractivity contribution in [1.82, 2.24) is 0 Å². The molecule has 0 aliphatic rings. The average Bonchev–Trinajstić information content (AvgIpc) is 2.47. The molecule has 0 amide bonds. The fraction of sp³-hybridized carbons (Fsp3) is 0.357. The molecule has 0 bridgehead atoms. The summed E-state index contributed by atoms with van der Waals surface area (Å²) in [5, 5.41) is 8.98. The van der Waals surface area contributed by atoms with Gasteiger partial charge in [-0.25, -0.2) is 0 Å². The summed E-state index contributed by atoms with van der Waals surface area (Å²) in [5.41, 5.74) is 0.912. The number of thioether (sulfide) groups is 1. The number of hydrogen-bond donors (Lipinski definition) is 0. The highest BCUT2D eigenvalue weighted by atomic mass is 32.2. The number of ether oxygens (including phenoxy) is 1. The molecule has 6 nitrogen and oxygen atoms in total. The van der Waals surface area contributed by atoms with Crippen molar-refractivity contribution in [2.45, 2.75) is 18.7 Å². The number of nitriles is 1. The monoisotopic (exact) mass is 340 g/mol. The zero-order chi connectivity index (χ0) is 16.8. The fourth-order valence-corrected chi connectivity index (χ4v) is 3.43. The first-order valence-electron chi connectivity index (χ1n) is 6.37. The smallest absolute Gasteiger partial charge is 0.330 e. The van der Waals surface area contributed by atoms with Crippen molar-refractivity contribution >= 4 is 32.8 Å². The Bertz CT molecular complexity index is 703. The molecule has 1 unspecified atom stereocenters. The molecule has 8 heteroatoms. The number of carbonyl (C=O) groups excluding carboxylic acids is 1. The maximum Gasteiger partial charge on any atom is 0.330 e. The first-order valence-corrected chi connectivity index (χ1v) is 9.04. The van der Waals surface area contributed by atoms with Gasteiger partial charge in [-0.1, -0.05) is 17.7 Å². The molecule has 0 saturated carbocycles. The second-order valence-electron chi connectivity index (χ2n) is 4.24. The summed E-state index contributed by atoms with van der Waals surface area (Å²) >= 11 is 0.929. The lowest BCUT2D eigenvalue weighted by Crippen LogP contribution is -2.23. The Labute approximate surface area is 134 Å². The van der Waals surface area contributed by atoms with E-state index in [9.17, 15) is 13.2 Å². The predicted molar refractivity (Wildman–Crippen MR) is 85.1 cm³/mol. The molecule has 0 radical (unpaired) electrons. The van der Waals surface area contributed by atoms with Gasteiger partial charge in [0, 0.05) is 0 Å². The van der Waals surface area contributed by atoms with Crippen molar-refractivity contribution < 1.29 is 17.9 Å². The Morgan fingerprint density at radius 3 is 2.45 bits per heavy atom. The molecule has 1 atom stereocenters. The lowest BCUT2D eigenvalue weighted by molar-refractivity contribution is -0.143. The van der Waals surface area contributed by atoms with Gasteiger partial charge >= 0.3 is 5.97 Å². The summed E-state index contributed by atoms with van der Waals surface area (Å²) in [7, 11) is -3.98. The van der Waals surface area contributed by atoms with Crippen molar-refractivity contribution in [1.29, 1.82) is 5.26 Å². The Morgan fingerprint density at radius 2 is 2.00 bits per heavy atom. The summed E-state index contributed by atoms with van der Waals surface area (Å²) in [4.78, 5) is 11.7. The van der Waals surface area contributed by atoms with Gasteiger partial charge in [0.2, 0.25) is 0 Å². The van der Waals surface area contributed by atoms with E-state index in [1.54, 1.807) is 31.4 Å². The number of rotatable bonds is 5. The summed E-state index contributed by atoms with van der Waals surface area (Å²) in [6.45, 7) is 3.54. The van der Waals surface area contributed by atoms with Gasteiger partial charge in [0.05, 0.1) is 17.6 Å². The first-order chi connectivity index (χ1) is 10.4. The number of aryl methyl sites for hydroxylation is 1. The van der Waals surface area contributed by atoms with Crippen LogP contribution in [0.2, 0.25) is 0 Å². The van der Waals surface area contributed by atoms with E-state index < -0.39 is 21.9 Å². The lowest BCUT2D eigenvalue weighted by Gasteiger charge is -2.09. The zero-order valence-electron chi connectivity index (χ0n) is 12.4. The third kappa shape index (κ3) is 4.58. The molecule has 0 aliphatic heterocycles. The zero-order valence-corrected chi connectivity index (χ0v) is 14.1. The van der Waals surface area contributed by atoms with Gasteiger partial charge in [0.25, 0.3) is 10.0 Å². The summed E-state index contributed by atoms with van der Waals surface area (Å²) in [5.74, 6) is -2.16. The van der Waals surface area contributed by atoms with E-state index in [-0.39, 0.29) is 16.5 Å². The normalized spacial score (nSPS) is 13.3. The van der Waals surface area contributed by atoms with Crippen LogP contribution in [0.15, 0.2) is 33.6 Å². The van der Waals surface area contributed by atoms with Gasteiger partial charge in [0.15, 0.2) is 5.92 Å². The predicted octanol–water partition coefficient (Wildman–Crippen LogP) is 2.15. The summed E-state index contributed by atoms with van der Waals surface area (Å²) in [6.07, 6.45) is 1.55. The molecule has 0 aromatic heterocycles. The van der Waals surface area contributed by atoms with Crippen LogP contribution in [0, 0.1) is 24.2 Å². The SMILES string of the molecule is CCOC(=O)C(C#N)C(=NS(=O)(=O)c1ccc(C)cc1)SC. The Morgan fingerprint density at radius 1 is 1.41 bits per heavy atom. The second kappa shape index (κ2) is 7.96. The average molecular weight is 340 g/mol. The minimum atomic E-state index is -3.98. The van der Waals surface area contributed by atoms with E-state index in [2.05, 4.69) is 4.40 Å². The Kier molecular flexibility index (Phi) is 6.59. The maximum atomic E-state index is 12.3. The Hall–Kier alpha value is -1.85. The van der Waals surface area contributed by atoms with Crippen molar-refractivity contribution in [2.24, 2.45) is 10.3 Å². The first kappa shape index (κ1) is 18.2. The molecular weight excluding hydrogens is 324 g/mol. The van der Waals surface area contributed by atoms with Crippen LogP contribution in [0.4, 0.5) is 0 Å². The summed E-state index contributed by atoms with van der Waals surface area (Å²) < 4.78 is 32.9. The van der Waals surface area contributed by atoms with Crippen LogP contribution in [-0.2, 0) is 19.6 Å². The van der Waals surface area contributed by atoms with Gasteiger partial charge in [0.1, 0.15) is 5.04 Å². The molecule has 22 heavy (non-hydrogen) atoms. The standard InChI is InChI=1S/C14H16N2O4S2/c1-4-20-14(17)12(9-15)13(21-3)16-22(18,19)11-7-5-10(2)6-8-11/h5-8,12H,4H2,1-3H3. The van der Waals surface area contributed by atoms with Crippen LogP contribution in [0.1, 0.15) is 12.5 Å². The second-order valence-corrected chi connectivity index (χ2v) is 6.67. The quantitative estimate of drug-likeness (QED) is 0.463.